The summed E-state index contributed by atoms with van der Waals surface area (Å²) in [4.78, 5) is -1.30. The van der Waals surface area contributed by atoms with Crippen LogP contribution in [0.3, 0.4) is 0 Å². The third kappa shape index (κ3) is 4.42. The number of hydrogen-bond donors (Lipinski definition) is 0. The van der Waals surface area contributed by atoms with E-state index in [0.29, 0.717) is 6.42 Å². The van der Waals surface area contributed by atoms with Crippen LogP contribution in [-0.4, -0.2) is 24.0 Å². The van der Waals surface area contributed by atoms with Gasteiger partial charge in [0.2, 0.25) is 0 Å². The molecule has 34 heavy (non-hydrogen) atoms. The number of benzene rings is 3. The number of fused-ring (bicyclic) bond motifs is 5. The monoisotopic (exact) mass is 479 g/mol. The summed E-state index contributed by atoms with van der Waals surface area (Å²) in [6.07, 6.45) is -7.50. The van der Waals surface area contributed by atoms with Crippen LogP contribution >= 0.6 is 0 Å². The SMILES string of the molecule is CCCCCC1(CCCN(C(F)(F)F)C(F)(F)F)c2ccccc2-c2c1ccc1ccccc21. The molecule has 0 spiro atoms. The highest BCUT2D eigenvalue weighted by Crippen LogP contribution is 2.56. The Kier molecular flexibility index (Phi) is 6.69. The molecule has 0 aromatic heterocycles. The van der Waals surface area contributed by atoms with E-state index < -0.39 is 29.5 Å². The third-order valence-electron chi connectivity index (χ3n) is 6.96. The average Bonchev–Trinajstić information content (AvgIpc) is 3.06. The van der Waals surface area contributed by atoms with E-state index in [9.17, 15) is 26.3 Å². The summed E-state index contributed by atoms with van der Waals surface area (Å²) in [6.45, 7) is 0.953. The van der Waals surface area contributed by atoms with Gasteiger partial charge in [0.25, 0.3) is 0 Å². The van der Waals surface area contributed by atoms with Gasteiger partial charge in [0.15, 0.2) is 0 Å². The molecule has 3 aromatic rings. The number of unbranched alkanes of at least 4 members (excludes halogenated alkanes) is 2. The molecule has 0 N–H and O–H groups in total. The van der Waals surface area contributed by atoms with Crippen molar-refractivity contribution in [2.75, 3.05) is 6.54 Å². The van der Waals surface area contributed by atoms with Crippen molar-refractivity contribution in [3.8, 4) is 11.1 Å². The fourth-order valence-corrected chi connectivity index (χ4v) is 5.50. The van der Waals surface area contributed by atoms with E-state index in [2.05, 4.69) is 6.92 Å². The highest BCUT2D eigenvalue weighted by Gasteiger charge is 2.53. The van der Waals surface area contributed by atoms with Gasteiger partial charge in [0.1, 0.15) is 0 Å². The Hall–Kier alpha value is -2.54. The molecule has 7 heteroatoms. The van der Waals surface area contributed by atoms with E-state index in [4.69, 9.17) is 0 Å². The summed E-state index contributed by atoms with van der Waals surface area (Å²) in [6, 6.07) is 19.8. The van der Waals surface area contributed by atoms with Crippen LogP contribution in [0, 0.1) is 0 Å². The summed E-state index contributed by atoms with van der Waals surface area (Å²) in [5, 5.41) is 2.11. The molecule has 3 aromatic carbocycles. The van der Waals surface area contributed by atoms with Crippen LogP contribution in [0.5, 0.6) is 0 Å². The van der Waals surface area contributed by atoms with E-state index >= 15 is 0 Å². The third-order valence-corrected chi connectivity index (χ3v) is 6.96. The summed E-state index contributed by atoms with van der Waals surface area (Å²) in [5.41, 5.74) is 3.47. The Balaban J connectivity index is 1.78. The number of halogens is 6. The second-order valence-corrected chi connectivity index (χ2v) is 8.98. The van der Waals surface area contributed by atoms with Gasteiger partial charge in [-0.05, 0) is 52.3 Å². The van der Waals surface area contributed by atoms with Gasteiger partial charge in [-0.3, -0.25) is 0 Å². The number of nitrogens with zero attached hydrogens (tertiary/aromatic N) is 1. The Morgan fingerprint density at radius 2 is 1.35 bits per heavy atom. The fourth-order valence-electron chi connectivity index (χ4n) is 5.50. The van der Waals surface area contributed by atoms with Crippen LogP contribution in [-0.2, 0) is 5.41 Å². The van der Waals surface area contributed by atoms with E-state index in [1.54, 1.807) is 0 Å². The molecule has 1 atom stereocenters. The van der Waals surface area contributed by atoms with Gasteiger partial charge in [0, 0.05) is 12.0 Å². The molecular formula is C27H27F6N. The lowest BCUT2D eigenvalue weighted by molar-refractivity contribution is -0.373. The number of alkyl halides is 6. The van der Waals surface area contributed by atoms with Crippen molar-refractivity contribution < 1.29 is 26.3 Å². The minimum Gasteiger partial charge on any atom is -0.155 e. The average molecular weight is 480 g/mol. The van der Waals surface area contributed by atoms with Crippen LogP contribution in [0.1, 0.15) is 56.6 Å². The van der Waals surface area contributed by atoms with E-state index in [1.165, 1.54) is 0 Å². The van der Waals surface area contributed by atoms with Gasteiger partial charge in [-0.2, -0.15) is 26.3 Å². The van der Waals surface area contributed by atoms with Crippen LogP contribution in [0.2, 0.25) is 0 Å². The minimum atomic E-state index is -5.46. The normalized spacial score (nSPS) is 17.9. The molecule has 1 aliphatic rings. The molecule has 0 amide bonds. The highest BCUT2D eigenvalue weighted by atomic mass is 19.4. The maximum atomic E-state index is 13.1. The topological polar surface area (TPSA) is 3.24 Å². The molecular weight excluding hydrogens is 452 g/mol. The summed E-state index contributed by atoms with van der Waals surface area (Å²) >= 11 is 0. The Morgan fingerprint density at radius 3 is 2.06 bits per heavy atom. The van der Waals surface area contributed by atoms with Crippen LogP contribution in [0.15, 0.2) is 60.7 Å². The second kappa shape index (κ2) is 9.25. The second-order valence-electron chi connectivity index (χ2n) is 8.98. The van der Waals surface area contributed by atoms with Crippen molar-refractivity contribution in [2.24, 2.45) is 0 Å². The largest absolute Gasteiger partial charge is 0.467 e. The van der Waals surface area contributed by atoms with Crippen LogP contribution in [0.4, 0.5) is 26.3 Å². The van der Waals surface area contributed by atoms with Crippen molar-refractivity contribution >= 4 is 10.8 Å². The zero-order chi connectivity index (χ0) is 24.6. The smallest absolute Gasteiger partial charge is 0.155 e. The maximum Gasteiger partial charge on any atom is 0.467 e. The molecule has 4 rings (SSSR count). The molecule has 0 fully saturated rings. The van der Waals surface area contributed by atoms with Crippen LogP contribution < -0.4 is 0 Å². The first-order chi connectivity index (χ1) is 16.1. The van der Waals surface area contributed by atoms with Gasteiger partial charge in [-0.25, -0.2) is 0 Å². The molecule has 0 radical (unpaired) electrons. The fraction of sp³-hybridized carbons (Fsp3) is 0.407. The predicted octanol–water partition coefficient (Wildman–Crippen LogP) is 8.81. The van der Waals surface area contributed by atoms with Crippen molar-refractivity contribution in [1.82, 2.24) is 4.90 Å². The van der Waals surface area contributed by atoms with Gasteiger partial charge >= 0.3 is 12.6 Å². The van der Waals surface area contributed by atoms with Gasteiger partial charge in [-0.15, -0.1) is 4.90 Å². The molecule has 0 saturated carbocycles. The standard InChI is InChI=1S/C27H27F6N/c1-2-3-8-16-25(17-9-18-34(26(28,29)30)27(31,32)33)22-13-7-6-12-21(22)24-20-11-5-4-10-19(20)14-15-23(24)25/h4-7,10-15H,2-3,8-9,16-18H2,1H3. The highest BCUT2D eigenvalue weighted by molar-refractivity contribution is 6.02. The lowest BCUT2D eigenvalue weighted by Crippen LogP contribution is -2.48. The van der Waals surface area contributed by atoms with Gasteiger partial charge in [0.05, 0.1) is 0 Å². The zero-order valence-corrected chi connectivity index (χ0v) is 18.9. The van der Waals surface area contributed by atoms with Gasteiger partial charge in [-0.1, -0.05) is 86.8 Å². The van der Waals surface area contributed by atoms with Crippen molar-refractivity contribution in [2.45, 2.75) is 63.5 Å². The Bertz CT molecular complexity index is 1140. The van der Waals surface area contributed by atoms with E-state index in [-0.39, 0.29) is 12.8 Å². The molecule has 1 unspecified atom stereocenters. The first-order valence-corrected chi connectivity index (χ1v) is 11.6. The van der Waals surface area contributed by atoms with Gasteiger partial charge < -0.3 is 0 Å². The summed E-state index contributed by atoms with van der Waals surface area (Å²) in [7, 11) is 0. The molecule has 0 saturated heterocycles. The minimum absolute atomic E-state index is 0.210. The van der Waals surface area contributed by atoms with E-state index in [0.717, 1.165) is 52.3 Å². The Morgan fingerprint density at radius 1 is 0.706 bits per heavy atom. The van der Waals surface area contributed by atoms with E-state index in [1.807, 2.05) is 60.7 Å². The van der Waals surface area contributed by atoms with Crippen molar-refractivity contribution in [3.05, 3.63) is 71.8 Å². The lowest BCUT2D eigenvalue weighted by Gasteiger charge is -2.34. The number of hydrogen-bond acceptors (Lipinski definition) is 1. The molecule has 1 nitrogen and oxygen atoms in total. The van der Waals surface area contributed by atoms with Crippen molar-refractivity contribution in [1.29, 1.82) is 0 Å². The first kappa shape index (κ1) is 24.6. The first-order valence-electron chi connectivity index (χ1n) is 11.6. The zero-order valence-electron chi connectivity index (χ0n) is 18.9. The molecule has 0 aliphatic heterocycles. The summed E-state index contributed by atoms with van der Waals surface area (Å²) in [5.74, 6) is 0. The molecule has 0 heterocycles. The molecule has 0 bridgehead atoms. The lowest BCUT2D eigenvalue weighted by atomic mass is 9.71. The molecule has 1 aliphatic carbocycles. The summed E-state index contributed by atoms with van der Waals surface area (Å²) < 4.78 is 78.7. The van der Waals surface area contributed by atoms with Crippen molar-refractivity contribution in [3.63, 3.8) is 0 Å². The number of rotatable bonds is 8. The Labute approximate surface area is 195 Å². The maximum absolute atomic E-state index is 13.1. The van der Waals surface area contributed by atoms with Crippen LogP contribution in [0.25, 0.3) is 21.9 Å². The predicted molar refractivity (Wildman–Crippen MR) is 122 cm³/mol. The molecule has 182 valence electrons. The quantitative estimate of drug-likeness (QED) is 0.177.